The number of anilines is 3. The van der Waals surface area contributed by atoms with Gasteiger partial charge in [0.25, 0.3) is 0 Å². The van der Waals surface area contributed by atoms with Gasteiger partial charge in [0.05, 0.1) is 0 Å². The third kappa shape index (κ3) is 2.05. The fourth-order valence-electron chi connectivity index (χ4n) is 3.10. The fraction of sp³-hybridized carbons (Fsp3) is 0.692. The molecule has 6 heteroatoms. The molecular formula is C13H21N5O. The summed E-state index contributed by atoms with van der Waals surface area (Å²) < 4.78 is 0.757. The van der Waals surface area contributed by atoms with Gasteiger partial charge in [-0.25, -0.2) is 4.73 Å². The minimum Gasteiger partial charge on any atom is -0.740 e. The molecule has 2 aliphatic heterocycles. The van der Waals surface area contributed by atoms with Crippen LogP contribution in [0.5, 0.6) is 0 Å². The average Bonchev–Trinajstić information content (AvgIpc) is 3.07. The lowest BCUT2D eigenvalue weighted by atomic mass is 10.3. The third-order valence-corrected chi connectivity index (χ3v) is 4.12. The zero-order chi connectivity index (χ0) is 13.4. The summed E-state index contributed by atoms with van der Waals surface area (Å²) in [5, 5.41) is 12.0. The van der Waals surface area contributed by atoms with E-state index in [2.05, 4.69) is 14.8 Å². The summed E-state index contributed by atoms with van der Waals surface area (Å²) in [4.78, 5) is 8.92. The molecule has 3 rings (SSSR count). The molecule has 0 bridgehead atoms. The SMILES string of the molecule is Cc1c(N2CCCC2)c(N2CCCC2)nc(N)[n+]1[O-]. The van der Waals surface area contributed by atoms with E-state index in [1.807, 2.05) is 6.92 Å². The zero-order valence-corrected chi connectivity index (χ0v) is 11.4. The second kappa shape index (κ2) is 4.75. The first-order valence-electron chi connectivity index (χ1n) is 7.08. The molecule has 0 atom stereocenters. The quantitative estimate of drug-likeness (QED) is 0.631. The van der Waals surface area contributed by atoms with Crippen LogP contribution in [0.1, 0.15) is 31.4 Å². The molecule has 3 heterocycles. The average molecular weight is 263 g/mol. The predicted molar refractivity (Wildman–Crippen MR) is 75.2 cm³/mol. The molecule has 0 aliphatic carbocycles. The number of hydrogen-bond donors (Lipinski definition) is 1. The van der Waals surface area contributed by atoms with Gasteiger partial charge in [0.15, 0.2) is 0 Å². The molecule has 2 saturated heterocycles. The Morgan fingerprint density at radius 1 is 1.05 bits per heavy atom. The lowest BCUT2D eigenvalue weighted by Gasteiger charge is -2.27. The normalized spacial score (nSPS) is 19.4. The van der Waals surface area contributed by atoms with E-state index in [0.717, 1.165) is 42.4 Å². The maximum absolute atomic E-state index is 12.0. The largest absolute Gasteiger partial charge is 0.740 e. The standard InChI is InChI=1S/C13H21N5O/c1-10-11(16-6-2-3-7-16)12(15-13(14)18(10)19)17-8-4-5-9-17/h2-9H2,1H3,(H2,14,15). The highest BCUT2D eigenvalue weighted by molar-refractivity contribution is 5.70. The van der Waals surface area contributed by atoms with Crippen molar-refractivity contribution in [3.8, 4) is 0 Å². The molecule has 2 aliphatic rings. The number of hydrogen-bond acceptors (Lipinski definition) is 5. The fourth-order valence-corrected chi connectivity index (χ4v) is 3.10. The molecule has 0 unspecified atom stereocenters. The van der Waals surface area contributed by atoms with Crippen molar-refractivity contribution in [2.75, 3.05) is 41.7 Å². The summed E-state index contributed by atoms with van der Waals surface area (Å²) in [6.07, 6.45) is 4.74. The molecule has 6 nitrogen and oxygen atoms in total. The van der Waals surface area contributed by atoms with Crippen LogP contribution in [0, 0.1) is 12.1 Å². The molecule has 0 radical (unpaired) electrons. The van der Waals surface area contributed by atoms with Crippen LogP contribution in [0.3, 0.4) is 0 Å². The number of nitrogens with zero attached hydrogens (tertiary/aromatic N) is 4. The van der Waals surface area contributed by atoms with Gasteiger partial charge in [-0.05, 0) is 32.6 Å². The Bertz CT molecular complexity index is 478. The van der Waals surface area contributed by atoms with Crippen molar-refractivity contribution < 1.29 is 4.73 Å². The summed E-state index contributed by atoms with van der Waals surface area (Å²) in [5.74, 6) is 0.962. The Hall–Kier alpha value is -1.72. The van der Waals surface area contributed by atoms with E-state index >= 15 is 0 Å². The third-order valence-electron chi connectivity index (χ3n) is 4.12. The maximum atomic E-state index is 12.0. The van der Waals surface area contributed by atoms with Crippen LogP contribution in [0.2, 0.25) is 0 Å². The predicted octanol–water partition coefficient (Wildman–Crippen LogP) is 0.806. The molecule has 104 valence electrons. The van der Waals surface area contributed by atoms with E-state index in [1.165, 1.54) is 25.7 Å². The van der Waals surface area contributed by atoms with Gasteiger partial charge >= 0.3 is 5.95 Å². The molecule has 0 saturated carbocycles. The molecule has 1 aromatic rings. The van der Waals surface area contributed by atoms with E-state index < -0.39 is 0 Å². The maximum Gasteiger partial charge on any atom is 0.392 e. The highest BCUT2D eigenvalue weighted by Gasteiger charge is 2.29. The van der Waals surface area contributed by atoms with Crippen LogP contribution in [0.25, 0.3) is 0 Å². The number of aromatic nitrogens is 2. The van der Waals surface area contributed by atoms with Crippen molar-refractivity contribution >= 4 is 17.5 Å². The van der Waals surface area contributed by atoms with Gasteiger partial charge in [0, 0.05) is 26.2 Å². The van der Waals surface area contributed by atoms with E-state index in [0.29, 0.717) is 5.69 Å². The molecular weight excluding hydrogens is 242 g/mol. The highest BCUT2D eigenvalue weighted by atomic mass is 16.5. The molecule has 19 heavy (non-hydrogen) atoms. The second-order valence-corrected chi connectivity index (χ2v) is 5.41. The molecule has 2 N–H and O–H groups in total. The Labute approximate surface area is 113 Å². The first-order chi connectivity index (χ1) is 9.18. The first kappa shape index (κ1) is 12.3. The van der Waals surface area contributed by atoms with Gasteiger partial charge in [0.2, 0.25) is 5.82 Å². The lowest BCUT2D eigenvalue weighted by molar-refractivity contribution is -0.598. The minimum absolute atomic E-state index is 0.0577. The topological polar surface area (TPSA) is 72.3 Å². The van der Waals surface area contributed by atoms with Gasteiger partial charge in [-0.15, -0.1) is 0 Å². The highest BCUT2D eigenvalue weighted by Crippen LogP contribution is 2.34. The van der Waals surface area contributed by atoms with Gasteiger partial charge in [-0.1, -0.05) is 4.98 Å². The smallest absolute Gasteiger partial charge is 0.392 e. The number of nitrogen functional groups attached to an aromatic ring is 1. The van der Waals surface area contributed by atoms with E-state index in [4.69, 9.17) is 5.73 Å². The summed E-state index contributed by atoms with van der Waals surface area (Å²) >= 11 is 0. The van der Waals surface area contributed by atoms with Crippen LogP contribution in [0.4, 0.5) is 17.5 Å². The van der Waals surface area contributed by atoms with Crippen LogP contribution in [0.15, 0.2) is 0 Å². The Morgan fingerprint density at radius 3 is 2.16 bits per heavy atom. The summed E-state index contributed by atoms with van der Waals surface area (Å²) in [6.45, 7) is 5.88. The van der Waals surface area contributed by atoms with Gasteiger partial charge in [0.1, 0.15) is 11.4 Å². The first-order valence-corrected chi connectivity index (χ1v) is 7.08. The summed E-state index contributed by atoms with van der Waals surface area (Å²) in [7, 11) is 0. The van der Waals surface area contributed by atoms with Crippen molar-refractivity contribution in [3.63, 3.8) is 0 Å². The lowest BCUT2D eigenvalue weighted by Crippen LogP contribution is -2.39. The van der Waals surface area contributed by atoms with E-state index in [9.17, 15) is 5.21 Å². The molecule has 0 spiro atoms. The van der Waals surface area contributed by atoms with Crippen LogP contribution < -0.4 is 20.3 Å². The second-order valence-electron chi connectivity index (χ2n) is 5.41. The molecule has 1 aromatic heterocycles. The van der Waals surface area contributed by atoms with Crippen molar-refractivity contribution in [1.82, 2.24) is 4.98 Å². The van der Waals surface area contributed by atoms with Gasteiger partial charge in [-0.3, -0.25) is 5.73 Å². The minimum atomic E-state index is 0.0577. The summed E-state index contributed by atoms with van der Waals surface area (Å²) in [6, 6.07) is 0. The van der Waals surface area contributed by atoms with Crippen molar-refractivity contribution in [1.29, 1.82) is 0 Å². The van der Waals surface area contributed by atoms with Crippen molar-refractivity contribution in [2.45, 2.75) is 32.6 Å². The molecule has 0 amide bonds. The van der Waals surface area contributed by atoms with Crippen molar-refractivity contribution in [3.05, 3.63) is 10.9 Å². The summed E-state index contributed by atoms with van der Waals surface area (Å²) in [5.41, 5.74) is 7.42. The molecule has 0 aromatic carbocycles. The monoisotopic (exact) mass is 263 g/mol. The number of rotatable bonds is 2. The van der Waals surface area contributed by atoms with Crippen LogP contribution in [-0.4, -0.2) is 31.2 Å². The molecule has 2 fully saturated rings. The van der Waals surface area contributed by atoms with Gasteiger partial charge in [-0.2, -0.15) is 0 Å². The Balaban J connectivity index is 2.09. The number of nitrogens with two attached hydrogens (primary N) is 1. The van der Waals surface area contributed by atoms with Crippen molar-refractivity contribution in [2.24, 2.45) is 0 Å². The van der Waals surface area contributed by atoms with Crippen LogP contribution >= 0.6 is 0 Å². The Morgan fingerprint density at radius 2 is 1.58 bits per heavy atom. The zero-order valence-electron chi connectivity index (χ0n) is 11.4. The van der Waals surface area contributed by atoms with E-state index in [1.54, 1.807) is 0 Å². The van der Waals surface area contributed by atoms with Crippen LogP contribution in [-0.2, 0) is 0 Å². The van der Waals surface area contributed by atoms with Gasteiger partial charge < -0.3 is 15.0 Å². The Kier molecular flexibility index (Phi) is 3.08. The van der Waals surface area contributed by atoms with E-state index in [-0.39, 0.29) is 5.95 Å².